The van der Waals surface area contributed by atoms with Crippen molar-refractivity contribution in [1.82, 2.24) is 20.0 Å². The summed E-state index contributed by atoms with van der Waals surface area (Å²) in [5.41, 5.74) is 1.76. The zero-order valence-electron chi connectivity index (χ0n) is 13.3. The maximum absolute atomic E-state index is 12.8. The number of hydrogen-bond donors (Lipinski definition) is 1. The first-order chi connectivity index (χ1) is 10.1. The molecule has 21 heavy (non-hydrogen) atoms. The lowest BCUT2D eigenvalue weighted by atomic mass is 9.94. The first kappa shape index (κ1) is 14.6. The Morgan fingerprint density at radius 2 is 2.29 bits per heavy atom. The highest BCUT2D eigenvalue weighted by Gasteiger charge is 2.37. The zero-order chi connectivity index (χ0) is 15.0. The van der Waals surface area contributed by atoms with Gasteiger partial charge in [-0.3, -0.25) is 9.48 Å². The van der Waals surface area contributed by atoms with Crippen LogP contribution >= 0.6 is 0 Å². The van der Waals surface area contributed by atoms with E-state index in [0.717, 1.165) is 37.6 Å². The smallest absolute Gasteiger partial charge is 0.272 e. The fraction of sp³-hybridized carbons (Fsp3) is 0.750. The molecule has 0 bridgehead atoms. The number of nitrogens with one attached hydrogen (secondary N) is 1. The van der Waals surface area contributed by atoms with Crippen molar-refractivity contribution < 1.29 is 4.79 Å². The Kier molecular flexibility index (Phi) is 4.02. The third-order valence-electron chi connectivity index (χ3n) is 4.80. The number of piperidine rings is 1. The van der Waals surface area contributed by atoms with Crippen LogP contribution in [-0.4, -0.2) is 46.3 Å². The van der Waals surface area contributed by atoms with Crippen molar-refractivity contribution in [2.45, 2.75) is 52.1 Å². The quantitative estimate of drug-likeness (QED) is 0.924. The molecule has 0 saturated carbocycles. The van der Waals surface area contributed by atoms with Gasteiger partial charge in [-0.25, -0.2) is 0 Å². The summed E-state index contributed by atoms with van der Waals surface area (Å²) >= 11 is 0. The standard InChI is InChI=1S/C16H26N4O/c1-4-20-15(8-13(18-20)11(2)3)16(21)19-9-12-6-5-7-17-14(12)10-19/h8,11-12,14,17H,4-7,9-10H2,1-3H3/t12-,14+/m0/s1. The van der Waals surface area contributed by atoms with Gasteiger partial charge in [0.15, 0.2) is 0 Å². The van der Waals surface area contributed by atoms with Gasteiger partial charge in [0.2, 0.25) is 0 Å². The Bertz CT molecular complexity index is 508. The molecule has 2 atom stereocenters. The molecule has 3 heterocycles. The number of nitrogens with zero attached hydrogens (tertiary/aromatic N) is 3. The normalized spacial score (nSPS) is 25.4. The number of carbonyl (C=O) groups excluding carboxylic acids is 1. The fourth-order valence-corrected chi connectivity index (χ4v) is 3.51. The van der Waals surface area contributed by atoms with Crippen molar-refractivity contribution in [2.75, 3.05) is 19.6 Å². The average molecular weight is 290 g/mol. The number of aryl methyl sites for hydroxylation is 1. The third kappa shape index (κ3) is 2.71. The molecule has 2 aliphatic rings. The minimum atomic E-state index is 0.146. The van der Waals surface area contributed by atoms with Gasteiger partial charge >= 0.3 is 0 Å². The van der Waals surface area contributed by atoms with Crippen molar-refractivity contribution in [3.63, 3.8) is 0 Å². The molecule has 2 saturated heterocycles. The van der Waals surface area contributed by atoms with Gasteiger partial charge in [-0.15, -0.1) is 0 Å². The predicted octanol–water partition coefficient (Wildman–Crippen LogP) is 1.85. The van der Waals surface area contributed by atoms with Crippen LogP contribution in [0.4, 0.5) is 0 Å². The summed E-state index contributed by atoms with van der Waals surface area (Å²) in [7, 11) is 0. The lowest BCUT2D eigenvalue weighted by Gasteiger charge is -2.24. The summed E-state index contributed by atoms with van der Waals surface area (Å²) < 4.78 is 1.85. The van der Waals surface area contributed by atoms with E-state index in [1.54, 1.807) is 0 Å². The summed E-state index contributed by atoms with van der Waals surface area (Å²) in [4.78, 5) is 14.9. The van der Waals surface area contributed by atoms with Crippen LogP contribution in [0.25, 0.3) is 0 Å². The minimum Gasteiger partial charge on any atom is -0.335 e. The zero-order valence-corrected chi connectivity index (χ0v) is 13.3. The van der Waals surface area contributed by atoms with Crippen LogP contribution in [0.15, 0.2) is 6.07 Å². The van der Waals surface area contributed by atoms with Gasteiger partial charge in [0.1, 0.15) is 5.69 Å². The molecule has 5 nitrogen and oxygen atoms in total. The molecule has 2 aliphatic heterocycles. The average Bonchev–Trinajstić information content (AvgIpc) is 3.10. The molecule has 0 aromatic carbocycles. The Hall–Kier alpha value is -1.36. The van der Waals surface area contributed by atoms with Crippen LogP contribution in [0.1, 0.15) is 55.7 Å². The molecule has 2 fully saturated rings. The lowest BCUT2D eigenvalue weighted by molar-refractivity contribution is 0.0773. The highest BCUT2D eigenvalue weighted by molar-refractivity contribution is 5.93. The van der Waals surface area contributed by atoms with Gasteiger partial charge in [0, 0.05) is 25.7 Å². The van der Waals surface area contributed by atoms with Gasteiger partial charge in [-0.05, 0) is 44.2 Å². The second kappa shape index (κ2) is 5.79. The van der Waals surface area contributed by atoms with Crippen LogP contribution in [-0.2, 0) is 6.54 Å². The molecule has 0 radical (unpaired) electrons. The van der Waals surface area contributed by atoms with Crippen molar-refractivity contribution in [3.05, 3.63) is 17.5 Å². The van der Waals surface area contributed by atoms with Crippen molar-refractivity contribution >= 4 is 5.91 Å². The summed E-state index contributed by atoms with van der Waals surface area (Å²) in [6.45, 7) is 9.84. The molecule has 116 valence electrons. The van der Waals surface area contributed by atoms with E-state index in [0.29, 0.717) is 17.9 Å². The predicted molar refractivity (Wildman–Crippen MR) is 82.4 cm³/mol. The molecule has 0 unspecified atom stereocenters. The van der Waals surface area contributed by atoms with E-state index >= 15 is 0 Å². The Labute approximate surface area is 126 Å². The monoisotopic (exact) mass is 290 g/mol. The van der Waals surface area contributed by atoms with Crippen LogP contribution in [0.2, 0.25) is 0 Å². The Morgan fingerprint density at radius 3 is 2.95 bits per heavy atom. The summed E-state index contributed by atoms with van der Waals surface area (Å²) in [6.07, 6.45) is 2.47. The van der Waals surface area contributed by atoms with E-state index in [9.17, 15) is 4.79 Å². The van der Waals surface area contributed by atoms with Gasteiger partial charge in [0.05, 0.1) is 5.69 Å². The molecule has 3 rings (SSSR count). The van der Waals surface area contributed by atoms with Crippen molar-refractivity contribution in [2.24, 2.45) is 5.92 Å². The number of likely N-dealkylation sites (tertiary alicyclic amines) is 1. The minimum absolute atomic E-state index is 0.146. The highest BCUT2D eigenvalue weighted by atomic mass is 16.2. The molecule has 0 spiro atoms. The molecular weight excluding hydrogens is 264 g/mol. The van der Waals surface area contributed by atoms with E-state index in [1.165, 1.54) is 12.8 Å². The number of amides is 1. The Morgan fingerprint density at radius 1 is 1.48 bits per heavy atom. The molecular formula is C16H26N4O. The van der Waals surface area contributed by atoms with Crippen LogP contribution < -0.4 is 5.32 Å². The lowest BCUT2D eigenvalue weighted by Crippen LogP contribution is -2.41. The van der Waals surface area contributed by atoms with Crippen molar-refractivity contribution in [3.8, 4) is 0 Å². The Balaban J connectivity index is 1.79. The molecule has 0 aliphatic carbocycles. The number of hydrogen-bond acceptors (Lipinski definition) is 3. The highest BCUT2D eigenvalue weighted by Crippen LogP contribution is 2.26. The van der Waals surface area contributed by atoms with Crippen molar-refractivity contribution in [1.29, 1.82) is 0 Å². The molecule has 1 N–H and O–H groups in total. The largest absolute Gasteiger partial charge is 0.335 e. The van der Waals surface area contributed by atoms with E-state index in [2.05, 4.69) is 24.3 Å². The molecule has 1 amide bonds. The van der Waals surface area contributed by atoms with Gasteiger partial charge in [0.25, 0.3) is 5.91 Å². The first-order valence-electron chi connectivity index (χ1n) is 8.20. The molecule has 1 aromatic heterocycles. The summed E-state index contributed by atoms with van der Waals surface area (Å²) in [5.74, 6) is 1.13. The van der Waals surface area contributed by atoms with E-state index < -0.39 is 0 Å². The van der Waals surface area contributed by atoms with E-state index in [1.807, 2.05) is 22.6 Å². The van der Waals surface area contributed by atoms with Gasteiger partial charge < -0.3 is 10.2 Å². The SMILES string of the molecule is CCn1nc(C(C)C)cc1C(=O)N1C[C@@H]2CCCN[C@@H]2C1. The molecule has 5 heteroatoms. The maximum Gasteiger partial charge on any atom is 0.272 e. The van der Waals surface area contributed by atoms with E-state index in [-0.39, 0.29) is 5.91 Å². The molecule has 1 aromatic rings. The summed E-state index contributed by atoms with van der Waals surface area (Å²) in [6, 6.07) is 2.47. The first-order valence-corrected chi connectivity index (χ1v) is 8.20. The van der Waals surface area contributed by atoms with Crippen LogP contribution in [0.5, 0.6) is 0 Å². The number of aromatic nitrogens is 2. The summed E-state index contributed by atoms with van der Waals surface area (Å²) in [5, 5.41) is 8.12. The van der Waals surface area contributed by atoms with Gasteiger partial charge in [-0.2, -0.15) is 5.10 Å². The number of fused-ring (bicyclic) bond motifs is 1. The van der Waals surface area contributed by atoms with Gasteiger partial charge in [-0.1, -0.05) is 13.8 Å². The maximum atomic E-state index is 12.8. The number of carbonyl (C=O) groups is 1. The second-order valence-electron chi connectivity index (χ2n) is 6.60. The van der Waals surface area contributed by atoms with E-state index in [4.69, 9.17) is 0 Å². The number of rotatable bonds is 3. The third-order valence-corrected chi connectivity index (χ3v) is 4.80. The van der Waals surface area contributed by atoms with Crippen LogP contribution in [0, 0.1) is 5.92 Å². The fourth-order valence-electron chi connectivity index (χ4n) is 3.51. The topological polar surface area (TPSA) is 50.2 Å². The van der Waals surface area contributed by atoms with Crippen LogP contribution in [0.3, 0.4) is 0 Å². The second-order valence-corrected chi connectivity index (χ2v) is 6.60.